The van der Waals surface area contributed by atoms with Crippen LogP contribution in [0.1, 0.15) is 43.2 Å². The molecule has 2 rings (SSSR count). The molecule has 1 heterocycles. The Kier molecular flexibility index (Phi) is 2.02. The van der Waals surface area contributed by atoms with Gasteiger partial charge in [-0.25, -0.2) is 0 Å². The van der Waals surface area contributed by atoms with E-state index in [0.717, 1.165) is 12.8 Å². The minimum absolute atomic E-state index is 0.0498. The van der Waals surface area contributed by atoms with Gasteiger partial charge in [0.15, 0.2) is 5.82 Å². The predicted molar refractivity (Wildman–Crippen MR) is 48.9 cm³/mol. The van der Waals surface area contributed by atoms with E-state index in [1.54, 1.807) is 0 Å². The van der Waals surface area contributed by atoms with E-state index in [0.29, 0.717) is 12.4 Å². The highest BCUT2D eigenvalue weighted by Crippen LogP contribution is 2.45. The molecule has 0 atom stereocenters. The Labute approximate surface area is 81.9 Å². The van der Waals surface area contributed by atoms with Gasteiger partial charge >= 0.3 is 11.8 Å². The molecule has 0 radical (unpaired) electrons. The molecule has 0 unspecified atom stereocenters. The molecule has 0 spiro atoms. The Balaban J connectivity index is 2.13. The summed E-state index contributed by atoms with van der Waals surface area (Å²) in [5.74, 6) is 0.421. The van der Waals surface area contributed by atoms with Crippen LogP contribution in [0.15, 0.2) is 4.52 Å². The smallest absolute Gasteiger partial charge is 0.315 e. The van der Waals surface area contributed by atoms with Crippen LogP contribution in [0.5, 0.6) is 0 Å². The van der Waals surface area contributed by atoms with Gasteiger partial charge in [-0.15, -0.1) is 0 Å². The maximum absolute atomic E-state index is 11.3. The van der Waals surface area contributed by atoms with Gasteiger partial charge in [0.25, 0.3) is 0 Å². The van der Waals surface area contributed by atoms with Gasteiger partial charge < -0.3 is 9.84 Å². The third-order valence-corrected chi connectivity index (χ3v) is 2.50. The van der Waals surface area contributed by atoms with Crippen LogP contribution in [-0.4, -0.2) is 22.6 Å². The van der Waals surface area contributed by atoms with Crippen molar-refractivity contribution >= 4 is 5.91 Å². The largest absolute Gasteiger partial charge is 0.348 e. The van der Waals surface area contributed by atoms with Crippen LogP contribution in [0.25, 0.3) is 0 Å². The lowest BCUT2D eigenvalue weighted by atomic mass is 10.1. The average molecular weight is 195 g/mol. The molecular formula is C9H13N3O2. The van der Waals surface area contributed by atoms with E-state index in [1.807, 2.05) is 6.92 Å². The van der Waals surface area contributed by atoms with Gasteiger partial charge in [0.2, 0.25) is 0 Å². The first-order chi connectivity index (χ1) is 6.65. The van der Waals surface area contributed by atoms with E-state index < -0.39 is 0 Å². The van der Waals surface area contributed by atoms with Crippen LogP contribution in [0.3, 0.4) is 0 Å². The number of nitrogens with zero attached hydrogens (tertiary/aromatic N) is 2. The number of rotatable bonds is 3. The Hall–Kier alpha value is -1.39. The molecule has 5 nitrogen and oxygen atoms in total. The fourth-order valence-electron chi connectivity index (χ4n) is 1.21. The molecule has 1 aliphatic carbocycles. The molecule has 1 aliphatic rings. The highest BCUT2D eigenvalue weighted by atomic mass is 16.5. The molecule has 1 saturated carbocycles. The van der Waals surface area contributed by atoms with Crippen LogP contribution in [0.4, 0.5) is 0 Å². The number of aromatic nitrogens is 2. The first kappa shape index (κ1) is 9.18. The maximum Gasteiger partial charge on any atom is 0.315 e. The lowest BCUT2D eigenvalue weighted by Crippen LogP contribution is -2.23. The zero-order valence-electron chi connectivity index (χ0n) is 8.33. The van der Waals surface area contributed by atoms with Crippen LogP contribution in [0.2, 0.25) is 0 Å². The third kappa shape index (κ3) is 1.49. The summed E-state index contributed by atoms with van der Waals surface area (Å²) in [6.45, 7) is 4.48. The molecule has 1 aromatic heterocycles. The minimum atomic E-state index is -0.296. The van der Waals surface area contributed by atoms with Crippen LogP contribution in [-0.2, 0) is 5.41 Å². The van der Waals surface area contributed by atoms with Crippen LogP contribution >= 0.6 is 0 Å². The van der Waals surface area contributed by atoms with E-state index in [2.05, 4.69) is 22.4 Å². The number of carbonyl (C=O) groups excluding carboxylic acids is 1. The molecule has 1 aromatic rings. The second-order valence-electron chi connectivity index (χ2n) is 3.84. The van der Waals surface area contributed by atoms with E-state index in [9.17, 15) is 4.79 Å². The van der Waals surface area contributed by atoms with Gasteiger partial charge in [-0.05, 0) is 19.8 Å². The van der Waals surface area contributed by atoms with E-state index in [4.69, 9.17) is 4.52 Å². The summed E-state index contributed by atoms with van der Waals surface area (Å²) < 4.78 is 4.87. The van der Waals surface area contributed by atoms with Crippen molar-refractivity contribution in [2.24, 2.45) is 0 Å². The average Bonchev–Trinajstić information content (AvgIpc) is 2.72. The molecule has 0 saturated heterocycles. The fraction of sp³-hybridized carbons (Fsp3) is 0.667. The minimum Gasteiger partial charge on any atom is -0.348 e. The molecule has 1 fully saturated rings. The summed E-state index contributed by atoms with van der Waals surface area (Å²) in [5.41, 5.74) is 0.0498. The first-order valence-corrected chi connectivity index (χ1v) is 4.78. The van der Waals surface area contributed by atoms with Gasteiger partial charge in [0.05, 0.1) is 0 Å². The number of nitrogens with one attached hydrogen (secondary N) is 1. The van der Waals surface area contributed by atoms with Crippen molar-refractivity contribution in [2.75, 3.05) is 6.54 Å². The van der Waals surface area contributed by atoms with E-state index in [1.165, 1.54) is 0 Å². The molecule has 1 N–H and O–H groups in total. The third-order valence-electron chi connectivity index (χ3n) is 2.50. The standard InChI is InChI=1S/C9H13N3O2/c1-3-10-6(13)7-11-8(12-14-7)9(2)4-5-9/h3-5H2,1-2H3,(H,10,13). The molecule has 0 aliphatic heterocycles. The molecular weight excluding hydrogens is 182 g/mol. The van der Waals surface area contributed by atoms with Gasteiger partial charge in [-0.1, -0.05) is 12.1 Å². The second-order valence-corrected chi connectivity index (χ2v) is 3.84. The molecule has 0 aromatic carbocycles. The second kappa shape index (κ2) is 3.08. The lowest BCUT2D eigenvalue weighted by Gasteiger charge is -1.97. The maximum atomic E-state index is 11.3. The highest BCUT2D eigenvalue weighted by Gasteiger charge is 2.43. The van der Waals surface area contributed by atoms with Crippen molar-refractivity contribution in [3.8, 4) is 0 Å². The summed E-state index contributed by atoms with van der Waals surface area (Å²) in [6.07, 6.45) is 2.14. The molecule has 5 heteroatoms. The summed E-state index contributed by atoms with van der Waals surface area (Å²) >= 11 is 0. The zero-order valence-corrected chi connectivity index (χ0v) is 8.33. The highest BCUT2D eigenvalue weighted by molar-refractivity contribution is 5.89. The van der Waals surface area contributed by atoms with E-state index in [-0.39, 0.29) is 17.2 Å². The predicted octanol–water partition coefficient (Wildman–Crippen LogP) is 0.871. The number of hydrogen-bond donors (Lipinski definition) is 1. The summed E-state index contributed by atoms with van der Waals surface area (Å²) in [6, 6.07) is 0. The Bertz CT molecular complexity index is 355. The first-order valence-electron chi connectivity index (χ1n) is 4.78. The normalized spacial score (nSPS) is 17.9. The fourth-order valence-corrected chi connectivity index (χ4v) is 1.21. The molecule has 14 heavy (non-hydrogen) atoms. The topological polar surface area (TPSA) is 68.0 Å². The quantitative estimate of drug-likeness (QED) is 0.777. The number of hydrogen-bond acceptors (Lipinski definition) is 4. The van der Waals surface area contributed by atoms with Gasteiger partial charge in [-0.3, -0.25) is 4.79 Å². The Morgan fingerprint density at radius 3 is 2.93 bits per heavy atom. The van der Waals surface area contributed by atoms with Crippen molar-refractivity contribution < 1.29 is 9.32 Å². The molecule has 0 bridgehead atoms. The van der Waals surface area contributed by atoms with Crippen LogP contribution < -0.4 is 5.32 Å². The zero-order chi connectivity index (χ0) is 10.2. The summed E-state index contributed by atoms with van der Waals surface area (Å²) in [4.78, 5) is 15.4. The van der Waals surface area contributed by atoms with E-state index >= 15 is 0 Å². The number of amides is 1. The molecule has 76 valence electrons. The lowest BCUT2D eigenvalue weighted by molar-refractivity contribution is 0.0912. The van der Waals surface area contributed by atoms with Crippen molar-refractivity contribution in [2.45, 2.75) is 32.1 Å². The van der Waals surface area contributed by atoms with Crippen molar-refractivity contribution in [3.63, 3.8) is 0 Å². The van der Waals surface area contributed by atoms with Crippen LogP contribution in [0, 0.1) is 0 Å². The van der Waals surface area contributed by atoms with Crippen molar-refractivity contribution in [1.82, 2.24) is 15.5 Å². The van der Waals surface area contributed by atoms with Crippen molar-refractivity contribution in [3.05, 3.63) is 11.7 Å². The monoisotopic (exact) mass is 195 g/mol. The Morgan fingerprint density at radius 2 is 2.36 bits per heavy atom. The SMILES string of the molecule is CCNC(=O)c1nc(C2(C)CC2)no1. The Morgan fingerprint density at radius 1 is 1.64 bits per heavy atom. The van der Waals surface area contributed by atoms with Gasteiger partial charge in [0.1, 0.15) is 0 Å². The number of carbonyl (C=O) groups is 1. The molecule has 1 amide bonds. The summed E-state index contributed by atoms with van der Waals surface area (Å²) in [5, 5.41) is 6.42. The van der Waals surface area contributed by atoms with Gasteiger partial charge in [-0.2, -0.15) is 4.98 Å². The summed E-state index contributed by atoms with van der Waals surface area (Å²) in [7, 11) is 0. The van der Waals surface area contributed by atoms with Crippen molar-refractivity contribution in [1.29, 1.82) is 0 Å². The van der Waals surface area contributed by atoms with Gasteiger partial charge in [0, 0.05) is 12.0 Å².